The maximum Gasteiger partial charge on any atom is 0.0317 e. The van der Waals surface area contributed by atoms with E-state index in [4.69, 9.17) is 5.73 Å². The highest BCUT2D eigenvalue weighted by molar-refractivity contribution is 5.49. The first-order chi connectivity index (χ1) is 7.04. The van der Waals surface area contributed by atoms with Crippen molar-refractivity contribution in [2.24, 2.45) is 5.92 Å². The standard InChI is InChI=1S/C14H21N/c1-10(2)14(3)8-4-5-11-6-7-12(15)9-13(11)14/h6-7,9-10H,4-5,8,15H2,1-3H3. The smallest absolute Gasteiger partial charge is 0.0317 e. The first kappa shape index (κ1) is 10.5. The minimum atomic E-state index is 0.322. The van der Waals surface area contributed by atoms with Crippen molar-refractivity contribution < 1.29 is 0 Å². The Morgan fingerprint density at radius 3 is 2.73 bits per heavy atom. The van der Waals surface area contributed by atoms with Gasteiger partial charge in [-0.25, -0.2) is 0 Å². The molecule has 0 heterocycles. The number of benzene rings is 1. The Hall–Kier alpha value is -0.980. The third-order valence-electron chi connectivity index (χ3n) is 4.17. The SMILES string of the molecule is CC(C)C1(C)CCCc2ccc(N)cc21. The molecule has 15 heavy (non-hydrogen) atoms. The van der Waals surface area contributed by atoms with E-state index in [1.807, 2.05) is 6.07 Å². The number of hydrogen-bond donors (Lipinski definition) is 1. The van der Waals surface area contributed by atoms with Gasteiger partial charge in [0.15, 0.2) is 0 Å². The van der Waals surface area contributed by atoms with Gasteiger partial charge in [0, 0.05) is 5.69 Å². The predicted molar refractivity (Wildman–Crippen MR) is 66.0 cm³/mol. The molecule has 1 unspecified atom stereocenters. The van der Waals surface area contributed by atoms with Gasteiger partial charge in [0.25, 0.3) is 0 Å². The molecule has 0 aromatic heterocycles. The predicted octanol–water partition coefficient (Wildman–Crippen LogP) is 3.52. The van der Waals surface area contributed by atoms with Crippen molar-refractivity contribution in [3.8, 4) is 0 Å². The van der Waals surface area contributed by atoms with Crippen molar-refractivity contribution in [1.29, 1.82) is 0 Å². The first-order valence-corrected chi connectivity index (χ1v) is 5.93. The van der Waals surface area contributed by atoms with Crippen LogP contribution in [0.15, 0.2) is 18.2 Å². The number of anilines is 1. The molecule has 0 spiro atoms. The zero-order valence-electron chi connectivity index (χ0n) is 10.0. The molecule has 1 aromatic rings. The van der Waals surface area contributed by atoms with Crippen molar-refractivity contribution in [3.63, 3.8) is 0 Å². The molecule has 0 radical (unpaired) electrons. The maximum absolute atomic E-state index is 5.90. The largest absolute Gasteiger partial charge is 0.399 e. The minimum absolute atomic E-state index is 0.322. The van der Waals surface area contributed by atoms with Gasteiger partial charge in [-0.1, -0.05) is 26.8 Å². The first-order valence-electron chi connectivity index (χ1n) is 5.93. The Morgan fingerprint density at radius 2 is 2.07 bits per heavy atom. The summed E-state index contributed by atoms with van der Waals surface area (Å²) in [5, 5.41) is 0. The lowest BCUT2D eigenvalue weighted by atomic mass is 9.65. The molecule has 1 heteroatoms. The molecule has 1 nitrogen and oxygen atoms in total. The number of rotatable bonds is 1. The lowest BCUT2D eigenvalue weighted by Gasteiger charge is -2.39. The molecule has 1 atom stereocenters. The number of aryl methyl sites for hydroxylation is 1. The van der Waals surface area contributed by atoms with Gasteiger partial charge in [-0.3, -0.25) is 0 Å². The van der Waals surface area contributed by atoms with Crippen LogP contribution in [-0.2, 0) is 11.8 Å². The fraction of sp³-hybridized carbons (Fsp3) is 0.571. The number of nitrogen functional groups attached to an aromatic ring is 1. The van der Waals surface area contributed by atoms with E-state index < -0.39 is 0 Å². The molecule has 0 saturated carbocycles. The molecule has 1 aliphatic rings. The van der Waals surface area contributed by atoms with Gasteiger partial charge in [0.1, 0.15) is 0 Å². The van der Waals surface area contributed by atoms with Gasteiger partial charge in [-0.05, 0) is 53.9 Å². The normalized spacial score (nSPS) is 25.3. The van der Waals surface area contributed by atoms with Crippen molar-refractivity contribution in [1.82, 2.24) is 0 Å². The van der Waals surface area contributed by atoms with Gasteiger partial charge in [0.2, 0.25) is 0 Å². The molecule has 0 aliphatic heterocycles. The van der Waals surface area contributed by atoms with Gasteiger partial charge in [-0.15, -0.1) is 0 Å². The summed E-state index contributed by atoms with van der Waals surface area (Å²) in [4.78, 5) is 0. The van der Waals surface area contributed by atoms with Gasteiger partial charge in [-0.2, -0.15) is 0 Å². The van der Waals surface area contributed by atoms with Crippen LogP contribution in [-0.4, -0.2) is 0 Å². The summed E-state index contributed by atoms with van der Waals surface area (Å²) in [6, 6.07) is 6.43. The fourth-order valence-electron chi connectivity index (χ4n) is 2.72. The van der Waals surface area contributed by atoms with E-state index in [0.717, 1.165) is 5.69 Å². The van der Waals surface area contributed by atoms with Crippen LogP contribution in [0.3, 0.4) is 0 Å². The molecule has 1 aliphatic carbocycles. The van der Waals surface area contributed by atoms with Crippen LogP contribution >= 0.6 is 0 Å². The lowest BCUT2D eigenvalue weighted by molar-refractivity contribution is 0.290. The third-order valence-corrected chi connectivity index (χ3v) is 4.17. The summed E-state index contributed by atoms with van der Waals surface area (Å²) in [7, 11) is 0. The highest BCUT2D eigenvalue weighted by atomic mass is 14.5. The van der Waals surface area contributed by atoms with Gasteiger partial charge in [0.05, 0.1) is 0 Å². The quantitative estimate of drug-likeness (QED) is 0.694. The average Bonchev–Trinajstić information content (AvgIpc) is 2.19. The summed E-state index contributed by atoms with van der Waals surface area (Å²) >= 11 is 0. The van der Waals surface area contributed by atoms with Crippen molar-refractivity contribution >= 4 is 5.69 Å². The average molecular weight is 203 g/mol. The van der Waals surface area contributed by atoms with Crippen LogP contribution in [0.1, 0.15) is 44.7 Å². The van der Waals surface area contributed by atoms with E-state index in [-0.39, 0.29) is 0 Å². The van der Waals surface area contributed by atoms with Crippen LogP contribution in [0.2, 0.25) is 0 Å². The van der Waals surface area contributed by atoms with E-state index in [9.17, 15) is 0 Å². The third kappa shape index (κ3) is 1.64. The molecular formula is C14H21N. The Morgan fingerprint density at radius 1 is 1.33 bits per heavy atom. The Kier molecular flexibility index (Phi) is 2.49. The molecule has 1 aromatic carbocycles. The topological polar surface area (TPSA) is 26.0 Å². The summed E-state index contributed by atoms with van der Waals surface area (Å²) in [5.74, 6) is 0.679. The maximum atomic E-state index is 5.90. The Labute approximate surface area is 92.7 Å². The Balaban J connectivity index is 2.54. The van der Waals surface area contributed by atoms with E-state index in [1.165, 1.54) is 30.4 Å². The molecule has 0 saturated heterocycles. The molecule has 2 rings (SSSR count). The molecular weight excluding hydrogens is 182 g/mol. The summed E-state index contributed by atoms with van der Waals surface area (Å²) < 4.78 is 0. The number of fused-ring (bicyclic) bond motifs is 1. The summed E-state index contributed by atoms with van der Waals surface area (Å²) in [6.07, 6.45) is 3.82. The highest BCUT2D eigenvalue weighted by Crippen LogP contribution is 2.42. The lowest BCUT2D eigenvalue weighted by Crippen LogP contribution is -2.33. The fourth-order valence-corrected chi connectivity index (χ4v) is 2.72. The molecule has 82 valence electrons. The van der Waals surface area contributed by atoms with E-state index >= 15 is 0 Å². The van der Waals surface area contributed by atoms with E-state index in [1.54, 1.807) is 0 Å². The van der Waals surface area contributed by atoms with Crippen molar-refractivity contribution in [2.75, 3.05) is 5.73 Å². The van der Waals surface area contributed by atoms with Gasteiger partial charge >= 0.3 is 0 Å². The van der Waals surface area contributed by atoms with E-state index in [0.29, 0.717) is 11.3 Å². The van der Waals surface area contributed by atoms with Crippen molar-refractivity contribution in [2.45, 2.75) is 45.4 Å². The zero-order chi connectivity index (χ0) is 11.1. The molecule has 0 fully saturated rings. The van der Waals surface area contributed by atoms with Crippen LogP contribution < -0.4 is 5.73 Å². The van der Waals surface area contributed by atoms with Crippen LogP contribution in [0, 0.1) is 5.92 Å². The number of nitrogens with two attached hydrogens (primary N) is 1. The molecule has 0 amide bonds. The Bertz CT molecular complexity index is 368. The van der Waals surface area contributed by atoms with Crippen molar-refractivity contribution in [3.05, 3.63) is 29.3 Å². The minimum Gasteiger partial charge on any atom is -0.399 e. The number of hydrogen-bond acceptors (Lipinski definition) is 1. The summed E-state index contributed by atoms with van der Waals surface area (Å²) in [6.45, 7) is 7.02. The second-order valence-electron chi connectivity index (χ2n) is 5.34. The highest BCUT2D eigenvalue weighted by Gasteiger charge is 2.34. The molecule has 2 N–H and O–H groups in total. The van der Waals surface area contributed by atoms with Crippen LogP contribution in [0.5, 0.6) is 0 Å². The molecule has 0 bridgehead atoms. The summed E-state index contributed by atoms with van der Waals surface area (Å²) in [5.41, 5.74) is 10.1. The van der Waals surface area contributed by atoms with Gasteiger partial charge < -0.3 is 5.73 Å². The van der Waals surface area contributed by atoms with Crippen LogP contribution in [0.4, 0.5) is 5.69 Å². The van der Waals surface area contributed by atoms with E-state index in [2.05, 4.69) is 32.9 Å². The zero-order valence-corrected chi connectivity index (χ0v) is 10.0. The van der Waals surface area contributed by atoms with Crippen LogP contribution in [0.25, 0.3) is 0 Å². The second-order valence-corrected chi connectivity index (χ2v) is 5.34. The monoisotopic (exact) mass is 203 g/mol. The second kappa shape index (κ2) is 3.55.